The van der Waals surface area contributed by atoms with E-state index in [4.69, 9.17) is 0 Å². The molecule has 0 bridgehead atoms. The van der Waals surface area contributed by atoms with Crippen molar-refractivity contribution in [1.82, 2.24) is 4.98 Å². The molecule has 0 radical (unpaired) electrons. The van der Waals surface area contributed by atoms with Crippen molar-refractivity contribution in [2.75, 3.05) is 25.0 Å². The fourth-order valence-electron chi connectivity index (χ4n) is 1.29. The summed E-state index contributed by atoms with van der Waals surface area (Å²) in [7, 11) is 2.04. The monoisotopic (exact) mass is 232 g/mol. The molecule has 1 rings (SSSR count). The molecule has 92 valence electrons. The van der Waals surface area contributed by atoms with E-state index in [0.717, 1.165) is 25.3 Å². The van der Waals surface area contributed by atoms with Crippen molar-refractivity contribution < 1.29 is 0 Å². The minimum Gasteiger partial charge on any atom is -0.360 e. The standard InChI is InChI=1S/C13H20N4/c1-12(2)16-11-14-8-6-10-17(3)13-7-4-5-9-15-13/h4-5,7,9,12H,6,8,10H2,1-3H3. The molecule has 0 unspecified atom stereocenters. The molecule has 1 aromatic rings. The number of aromatic nitrogens is 1. The van der Waals surface area contributed by atoms with Crippen LogP contribution in [0.15, 0.2) is 34.4 Å². The van der Waals surface area contributed by atoms with Gasteiger partial charge in [0.1, 0.15) is 5.82 Å². The van der Waals surface area contributed by atoms with Crippen LogP contribution in [0.5, 0.6) is 0 Å². The molecule has 17 heavy (non-hydrogen) atoms. The Labute approximate surface area is 103 Å². The average molecular weight is 232 g/mol. The SMILES string of the molecule is CC(C)N=C=NCCCN(C)c1ccccn1. The zero-order chi connectivity index (χ0) is 12.5. The Morgan fingerprint density at radius 1 is 1.41 bits per heavy atom. The Bertz CT molecular complexity index is 366. The molecule has 1 aromatic heterocycles. The van der Waals surface area contributed by atoms with Gasteiger partial charge in [0.2, 0.25) is 0 Å². The molecule has 4 nitrogen and oxygen atoms in total. The van der Waals surface area contributed by atoms with Crippen molar-refractivity contribution in [2.24, 2.45) is 9.98 Å². The Morgan fingerprint density at radius 2 is 2.24 bits per heavy atom. The topological polar surface area (TPSA) is 40.9 Å². The minimum absolute atomic E-state index is 0.273. The van der Waals surface area contributed by atoms with Gasteiger partial charge in [0.25, 0.3) is 0 Å². The molecule has 0 aliphatic carbocycles. The molecule has 0 saturated carbocycles. The van der Waals surface area contributed by atoms with Crippen molar-refractivity contribution in [1.29, 1.82) is 0 Å². The predicted octanol–water partition coefficient (Wildman–Crippen LogP) is 2.49. The molecular formula is C13H20N4. The maximum absolute atomic E-state index is 4.28. The Kier molecular flexibility index (Phi) is 5.97. The summed E-state index contributed by atoms with van der Waals surface area (Å²) in [5.74, 6) is 0.993. The van der Waals surface area contributed by atoms with E-state index in [-0.39, 0.29) is 6.04 Å². The van der Waals surface area contributed by atoms with E-state index in [1.54, 1.807) is 6.20 Å². The van der Waals surface area contributed by atoms with Crippen LogP contribution in [-0.2, 0) is 0 Å². The van der Waals surface area contributed by atoms with Gasteiger partial charge in [-0.05, 0) is 32.4 Å². The van der Waals surface area contributed by atoms with Gasteiger partial charge in [0, 0.05) is 19.8 Å². The first-order valence-corrected chi connectivity index (χ1v) is 5.93. The van der Waals surface area contributed by atoms with Crippen molar-refractivity contribution in [3.8, 4) is 0 Å². The lowest BCUT2D eigenvalue weighted by atomic mass is 10.3. The van der Waals surface area contributed by atoms with Crippen LogP contribution in [0.3, 0.4) is 0 Å². The summed E-state index contributed by atoms with van der Waals surface area (Å²) in [6, 6.07) is 8.90. The second kappa shape index (κ2) is 7.58. The van der Waals surface area contributed by atoms with Crippen molar-refractivity contribution in [3.63, 3.8) is 0 Å². The number of hydrogen-bond acceptors (Lipinski definition) is 4. The van der Waals surface area contributed by atoms with E-state index in [9.17, 15) is 0 Å². The highest BCUT2D eigenvalue weighted by atomic mass is 15.2. The highest BCUT2D eigenvalue weighted by molar-refractivity contribution is 5.41. The molecule has 0 N–H and O–H groups in total. The Hall–Kier alpha value is -1.67. The zero-order valence-electron chi connectivity index (χ0n) is 10.8. The van der Waals surface area contributed by atoms with E-state index < -0.39 is 0 Å². The molecule has 4 heteroatoms. The third-order valence-electron chi connectivity index (χ3n) is 2.19. The summed E-state index contributed by atoms with van der Waals surface area (Å²) in [6.45, 7) is 5.71. The van der Waals surface area contributed by atoms with Crippen molar-refractivity contribution in [3.05, 3.63) is 24.4 Å². The van der Waals surface area contributed by atoms with Gasteiger partial charge in [-0.3, -0.25) is 0 Å². The fourth-order valence-corrected chi connectivity index (χ4v) is 1.29. The average Bonchev–Trinajstić information content (AvgIpc) is 2.34. The third-order valence-corrected chi connectivity index (χ3v) is 2.19. The number of aliphatic imine (C=N–C) groups is 2. The van der Waals surface area contributed by atoms with Gasteiger partial charge < -0.3 is 4.90 Å². The summed E-state index contributed by atoms with van der Waals surface area (Å²) >= 11 is 0. The number of hydrogen-bond donors (Lipinski definition) is 0. The Balaban J connectivity index is 2.26. The van der Waals surface area contributed by atoms with Gasteiger partial charge in [-0.2, -0.15) is 0 Å². The van der Waals surface area contributed by atoms with Crippen LogP contribution in [0, 0.1) is 0 Å². The second-order valence-corrected chi connectivity index (χ2v) is 4.17. The first-order valence-electron chi connectivity index (χ1n) is 5.93. The molecule has 1 heterocycles. The number of anilines is 1. The quantitative estimate of drug-likeness (QED) is 0.558. The van der Waals surface area contributed by atoms with Crippen LogP contribution in [0.25, 0.3) is 0 Å². The minimum atomic E-state index is 0.273. The lowest BCUT2D eigenvalue weighted by Gasteiger charge is -2.16. The van der Waals surface area contributed by atoms with Crippen LogP contribution in [0.2, 0.25) is 0 Å². The molecule has 0 aliphatic heterocycles. The second-order valence-electron chi connectivity index (χ2n) is 4.17. The van der Waals surface area contributed by atoms with E-state index in [2.05, 4.69) is 25.9 Å². The number of pyridine rings is 1. The lowest BCUT2D eigenvalue weighted by Crippen LogP contribution is -2.20. The zero-order valence-corrected chi connectivity index (χ0v) is 10.8. The van der Waals surface area contributed by atoms with Gasteiger partial charge in [-0.25, -0.2) is 15.0 Å². The largest absolute Gasteiger partial charge is 0.360 e. The van der Waals surface area contributed by atoms with Gasteiger partial charge >= 0.3 is 0 Å². The smallest absolute Gasteiger partial charge is 0.128 e. The number of nitrogens with zero attached hydrogens (tertiary/aromatic N) is 4. The predicted molar refractivity (Wildman–Crippen MR) is 72.0 cm³/mol. The number of rotatable bonds is 6. The first-order chi connectivity index (χ1) is 8.20. The normalized spacial score (nSPS) is 9.88. The van der Waals surface area contributed by atoms with Crippen molar-refractivity contribution >= 4 is 11.8 Å². The third kappa shape index (κ3) is 5.83. The maximum Gasteiger partial charge on any atom is 0.128 e. The highest BCUT2D eigenvalue weighted by Crippen LogP contribution is 2.06. The summed E-state index contributed by atoms with van der Waals surface area (Å²) in [6.07, 6.45) is 2.78. The van der Waals surface area contributed by atoms with Gasteiger partial charge in [-0.15, -0.1) is 0 Å². The molecule has 0 aliphatic rings. The Morgan fingerprint density at radius 3 is 2.88 bits per heavy atom. The van der Waals surface area contributed by atoms with Gasteiger partial charge in [0.15, 0.2) is 0 Å². The van der Waals surface area contributed by atoms with E-state index >= 15 is 0 Å². The van der Waals surface area contributed by atoms with Crippen LogP contribution in [0.1, 0.15) is 20.3 Å². The van der Waals surface area contributed by atoms with E-state index in [0.29, 0.717) is 0 Å². The molecule has 0 spiro atoms. The van der Waals surface area contributed by atoms with Crippen LogP contribution >= 0.6 is 0 Å². The van der Waals surface area contributed by atoms with Crippen LogP contribution < -0.4 is 4.90 Å². The summed E-state index contributed by atoms with van der Waals surface area (Å²) in [5, 5.41) is 0. The van der Waals surface area contributed by atoms with Crippen LogP contribution in [0.4, 0.5) is 5.82 Å². The lowest BCUT2D eigenvalue weighted by molar-refractivity contribution is 0.786. The van der Waals surface area contributed by atoms with E-state index in [1.807, 2.05) is 39.1 Å². The summed E-state index contributed by atoms with van der Waals surface area (Å²) < 4.78 is 0. The van der Waals surface area contributed by atoms with Crippen LogP contribution in [-0.4, -0.2) is 37.2 Å². The fraction of sp³-hybridized carbons (Fsp3) is 0.538. The van der Waals surface area contributed by atoms with Gasteiger partial charge in [-0.1, -0.05) is 6.07 Å². The molecule has 0 fully saturated rings. The molecule has 0 atom stereocenters. The summed E-state index contributed by atoms with van der Waals surface area (Å²) in [4.78, 5) is 14.6. The van der Waals surface area contributed by atoms with E-state index in [1.165, 1.54) is 0 Å². The van der Waals surface area contributed by atoms with Crippen molar-refractivity contribution in [2.45, 2.75) is 26.3 Å². The maximum atomic E-state index is 4.28. The molecule has 0 saturated heterocycles. The first kappa shape index (κ1) is 13.4. The van der Waals surface area contributed by atoms with Gasteiger partial charge in [0.05, 0.1) is 18.6 Å². The molecular weight excluding hydrogens is 212 g/mol. The summed E-state index contributed by atoms with van der Waals surface area (Å²) in [5.41, 5.74) is 0. The highest BCUT2D eigenvalue weighted by Gasteiger charge is 1.99. The molecule has 0 amide bonds. The molecule has 0 aromatic carbocycles.